The van der Waals surface area contributed by atoms with Crippen molar-refractivity contribution in [2.75, 3.05) is 35.2 Å². The highest BCUT2D eigenvalue weighted by Gasteiger charge is 2.39. The summed E-state index contributed by atoms with van der Waals surface area (Å²) in [7, 11) is 6.30. The summed E-state index contributed by atoms with van der Waals surface area (Å²) in [5.74, 6) is 2.67. The third kappa shape index (κ3) is 4.14. The van der Waals surface area contributed by atoms with Gasteiger partial charge < -0.3 is 33.2 Å². The lowest BCUT2D eigenvalue weighted by Gasteiger charge is -2.35. The lowest BCUT2D eigenvalue weighted by Crippen LogP contribution is -2.27. The molecule has 0 N–H and O–H groups in total. The first kappa shape index (κ1) is 25.6. The molecule has 8 heteroatoms. The van der Waals surface area contributed by atoms with Crippen LogP contribution in [0.5, 0.6) is 34.5 Å². The van der Waals surface area contributed by atoms with Gasteiger partial charge in [-0.05, 0) is 42.2 Å². The molecule has 0 aromatic heterocycles. The van der Waals surface area contributed by atoms with E-state index in [1.165, 1.54) is 0 Å². The van der Waals surface area contributed by atoms with Gasteiger partial charge in [0.2, 0.25) is 18.3 Å². The van der Waals surface area contributed by atoms with E-state index in [9.17, 15) is 4.79 Å². The topological polar surface area (TPSA) is 81.7 Å². The highest BCUT2D eigenvalue weighted by atomic mass is 16.7. The van der Waals surface area contributed by atoms with Crippen LogP contribution in [0.1, 0.15) is 41.4 Å². The summed E-state index contributed by atoms with van der Waals surface area (Å²) in [6.45, 7) is 4.35. The Bertz CT molecular complexity index is 1350. The molecule has 0 spiro atoms. The second kappa shape index (κ2) is 10.4. The Hall–Kier alpha value is -4.07. The zero-order chi connectivity index (χ0) is 27.0. The van der Waals surface area contributed by atoms with Crippen LogP contribution in [0.3, 0.4) is 0 Å². The first-order chi connectivity index (χ1) is 18.4. The molecule has 0 radical (unpaired) electrons. The Balaban J connectivity index is 1.83. The smallest absolute Gasteiger partial charge is 0.338 e. The number of esters is 1. The van der Waals surface area contributed by atoms with Gasteiger partial charge >= 0.3 is 5.97 Å². The van der Waals surface area contributed by atoms with Crippen LogP contribution in [0.2, 0.25) is 0 Å². The summed E-state index contributed by atoms with van der Waals surface area (Å²) in [4.78, 5) is 13.4. The third-order valence-corrected chi connectivity index (χ3v) is 7.48. The number of hydrogen-bond acceptors (Lipinski definition) is 8. The van der Waals surface area contributed by atoms with Gasteiger partial charge in [-0.1, -0.05) is 32.0 Å². The minimum absolute atomic E-state index is 0.0613. The van der Waals surface area contributed by atoms with Crippen LogP contribution in [-0.2, 0) is 11.2 Å². The van der Waals surface area contributed by atoms with Gasteiger partial charge in [-0.3, -0.25) is 0 Å². The van der Waals surface area contributed by atoms with Gasteiger partial charge in [0.15, 0.2) is 23.0 Å². The van der Waals surface area contributed by atoms with Crippen LogP contribution < -0.4 is 28.4 Å². The number of rotatable bonds is 6. The molecule has 1 aliphatic heterocycles. The van der Waals surface area contributed by atoms with Crippen LogP contribution in [0.4, 0.5) is 0 Å². The molecule has 38 heavy (non-hydrogen) atoms. The second-order valence-corrected chi connectivity index (χ2v) is 9.52. The molecule has 0 amide bonds. The average molecular weight is 521 g/mol. The minimum atomic E-state index is -0.621. The van der Waals surface area contributed by atoms with E-state index in [2.05, 4.69) is 13.8 Å². The molecule has 3 aromatic rings. The molecule has 0 fully saturated rings. The largest absolute Gasteiger partial charge is 0.493 e. The van der Waals surface area contributed by atoms with Gasteiger partial charge in [-0.15, -0.1) is 0 Å². The standard InChI is InChI=1S/C30H32O8/c1-16-12-19-13-22-27(37-15-36-22)28(34-5)23(19)24-20(14-21(32-3)26(33-4)29(24)35-6)25(17(16)2)38-30(31)18-10-8-7-9-11-18/h7-11,13-14,16-17,25H,12,15H2,1-6H3. The summed E-state index contributed by atoms with van der Waals surface area (Å²) < 4.78 is 41.2. The van der Waals surface area contributed by atoms with E-state index >= 15 is 0 Å². The van der Waals surface area contributed by atoms with Crippen molar-refractivity contribution in [3.63, 3.8) is 0 Å². The summed E-state index contributed by atoms with van der Waals surface area (Å²) in [5, 5.41) is 0. The second-order valence-electron chi connectivity index (χ2n) is 9.52. The van der Waals surface area contributed by atoms with Crippen molar-refractivity contribution in [1.82, 2.24) is 0 Å². The molecular weight excluding hydrogens is 488 g/mol. The molecule has 1 aliphatic carbocycles. The van der Waals surface area contributed by atoms with Gasteiger partial charge in [0.1, 0.15) is 6.10 Å². The molecule has 8 nitrogen and oxygen atoms in total. The van der Waals surface area contributed by atoms with Crippen molar-refractivity contribution in [3.05, 3.63) is 59.2 Å². The van der Waals surface area contributed by atoms with E-state index in [1.807, 2.05) is 30.3 Å². The zero-order valence-electron chi connectivity index (χ0n) is 22.5. The molecule has 5 rings (SSSR count). The molecule has 3 aromatic carbocycles. The van der Waals surface area contributed by atoms with E-state index in [0.29, 0.717) is 52.0 Å². The number of fused-ring (bicyclic) bond motifs is 4. The third-order valence-electron chi connectivity index (χ3n) is 7.48. The van der Waals surface area contributed by atoms with Gasteiger partial charge in [0, 0.05) is 22.6 Å². The normalized spacial score (nSPS) is 19.4. The van der Waals surface area contributed by atoms with Crippen molar-refractivity contribution < 1.29 is 38.0 Å². The van der Waals surface area contributed by atoms with E-state index in [4.69, 9.17) is 33.2 Å². The van der Waals surface area contributed by atoms with Crippen LogP contribution in [0.25, 0.3) is 11.1 Å². The van der Waals surface area contributed by atoms with E-state index in [0.717, 1.165) is 16.7 Å². The van der Waals surface area contributed by atoms with Gasteiger partial charge in [-0.2, -0.15) is 0 Å². The Kier molecular flexibility index (Phi) is 6.97. The number of ether oxygens (including phenoxy) is 7. The molecule has 1 heterocycles. The fourth-order valence-electron chi connectivity index (χ4n) is 5.39. The fraction of sp³-hybridized carbons (Fsp3) is 0.367. The lowest BCUT2D eigenvalue weighted by atomic mass is 9.75. The highest BCUT2D eigenvalue weighted by Crippen LogP contribution is 2.58. The Morgan fingerprint density at radius 3 is 2.21 bits per heavy atom. The van der Waals surface area contributed by atoms with Crippen molar-refractivity contribution in [3.8, 4) is 45.6 Å². The monoisotopic (exact) mass is 520 g/mol. The summed E-state index contributed by atoms with van der Waals surface area (Å²) in [5.41, 5.74) is 3.68. The van der Waals surface area contributed by atoms with Crippen molar-refractivity contribution in [2.24, 2.45) is 11.8 Å². The Morgan fingerprint density at radius 2 is 1.55 bits per heavy atom. The maximum atomic E-state index is 13.4. The summed E-state index contributed by atoms with van der Waals surface area (Å²) in [6.07, 6.45) is 0.0597. The predicted molar refractivity (Wildman–Crippen MR) is 141 cm³/mol. The number of carbonyl (C=O) groups excluding carboxylic acids is 1. The maximum Gasteiger partial charge on any atom is 0.338 e. The summed E-state index contributed by atoms with van der Waals surface area (Å²) >= 11 is 0. The van der Waals surface area contributed by atoms with Crippen LogP contribution in [-0.4, -0.2) is 41.2 Å². The van der Waals surface area contributed by atoms with Gasteiger partial charge in [0.25, 0.3) is 0 Å². The highest BCUT2D eigenvalue weighted by molar-refractivity contribution is 5.91. The van der Waals surface area contributed by atoms with E-state index in [-0.39, 0.29) is 18.6 Å². The number of carbonyl (C=O) groups is 1. The zero-order valence-corrected chi connectivity index (χ0v) is 22.5. The van der Waals surface area contributed by atoms with Crippen LogP contribution in [0, 0.1) is 11.8 Å². The van der Waals surface area contributed by atoms with Crippen molar-refractivity contribution in [2.45, 2.75) is 26.4 Å². The Labute approximate surface area is 222 Å². The fourth-order valence-corrected chi connectivity index (χ4v) is 5.39. The van der Waals surface area contributed by atoms with Crippen LogP contribution >= 0.6 is 0 Å². The van der Waals surface area contributed by atoms with E-state index < -0.39 is 12.1 Å². The first-order valence-electron chi connectivity index (χ1n) is 12.5. The molecule has 200 valence electrons. The molecular formula is C30H32O8. The predicted octanol–water partition coefficient (Wildman–Crippen LogP) is 5.84. The average Bonchev–Trinajstić information content (AvgIpc) is 3.41. The molecule has 0 saturated carbocycles. The minimum Gasteiger partial charge on any atom is -0.493 e. The quantitative estimate of drug-likeness (QED) is 0.375. The maximum absolute atomic E-state index is 13.4. The van der Waals surface area contributed by atoms with Crippen molar-refractivity contribution >= 4 is 5.97 Å². The van der Waals surface area contributed by atoms with E-state index in [1.54, 1.807) is 40.6 Å². The lowest BCUT2D eigenvalue weighted by molar-refractivity contribution is 0.00698. The Morgan fingerprint density at radius 1 is 0.842 bits per heavy atom. The van der Waals surface area contributed by atoms with Crippen molar-refractivity contribution in [1.29, 1.82) is 0 Å². The summed E-state index contributed by atoms with van der Waals surface area (Å²) in [6, 6.07) is 12.8. The molecule has 0 saturated heterocycles. The van der Waals surface area contributed by atoms with Gasteiger partial charge in [-0.25, -0.2) is 4.79 Å². The first-order valence-corrected chi connectivity index (χ1v) is 12.5. The van der Waals surface area contributed by atoms with Gasteiger partial charge in [0.05, 0.1) is 34.0 Å². The van der Waals surface area contributed by atoms with Crippen LogP contribution in [0.15, 0.2) is 42.5 Å². The SMILES string of the molecule is COc1cc2c(c(OC)c1OC)-c1c(cc3c(c1OC)OCO3)CC(C)C(C)C2OC(=O)c1ccccc1. The molecule has 3 atom stereocenters. The molecule has 0 bridgehead atoms. The number of methoxy groups -OCH3 is 4. The number of benzene rings is 3. The molecule has 3 unspecified atom stereocenters. The number of hydrogen-bond donors (Lipinski definition) is 0. The molecule has 2 aliphatic rings.